The molecule has 1 aliphatic rings. The van der Waals surface area contributed by atoms with Crippen LogP contribution in [0, 0.1) is 6.92 Å². The lowest BCUT2D eigenvalue weighted by Crippen LogP contribution is -2.39. The van der Waals surface area contributed by atoms with Crippen LogP contribution >= 0.6 is 11.3 Å². The SMILES string of the molecule is Cc1nc(-n2cccc2)sc1C(=O)NC1CCC(Oc2ccc(C(F)(F)F)cn2)CC1. The van der Waals surface area contributed by atoms with Gasteiger partial charge in [0, 0.05) is 30.7 Å². The van der Waals surface area contributed by atoms with E-state index >= 15 is 0 Å². The van der Waals surface area contributed by atoms with Crippen LogP contribution in [0.3, 0.4) is 0 Å². The van der Waals surface area contributed by atoms with Crippen molar-refractivity contribution in [2.24, 2.45) is 0 Å². The number of thiazole rings is 1. The minimum absolute atomic E-state index is 0.0180. The molecule has 0 bridgehead atoms. The topological polar surface area (TPSA) is 69.0 Å². The van der Waals surface area contributed by atoms with E-state index in [1.807, 2.05) is 36.0 Å². The summed E-state index contributed by atoms with van der Waals surface area (Å²) >= 11 is 1.35. The average molecular weight is 450 g/mol. The van der Waals surface area contributed by atoms with Gasteiger partial charge in [0.1, 0.15) is 11.0 Å². The van der Waals surface area contributed by atoms with Crippen LogP contribution in [0.4, 0.5) is 13.2 Å². The molecule has 3 aromatic rings. The van der Waals surface area contributed by atoms with E-state index in [1.54, 1.807) is 0 Å². The highest BCUT2D eigenvalue weighted by Crippen LogP contribution is 2.30. The molecule has 1 N–H and O–H groups in total. The molecule has 31 heavy (non-hydrogen) atoms. The monoisotopic (exact) mass is 450 g/mol. The van der Waals surface area contributed by atoms with Gasteiger partial charge < -0.3 is 14.6 Å². The Morgan fingerprint density at radius 2 is 1.90 bits per heavy atom. The first-order valence-corrected chi connectivity index (χ1v) is 10.7. The number of nitrogens with zero attached hydrogens (tertiary/aromatic N) is 3. The fraction of sp³-hybridized carbons (Fsp3) is 0.381. The van der Waals surface area contributed by atoms with Crippen molar-refractivity contribution in [1.82, 2.24) is 19.9 Å². The van der Waals surface area contributed by atoms with Crippen molar-refractivity contribution in [1.29, 1.82) is 0 Å². The maximum absolute atomic E-state index is 12.7. The van der Waals surface area contributed by atoms with Crippen LogP contribution in [-0.4, -0.2) is 32.6 Å². The van der Waals surface area contributed by atoms with Crippen molar-refractivity contribution in [2.75, 3.05) is 0 Å². The second-order valence-corrected chi connectivity index (χ2v) is 8.43. The molecule has 0 atom stereocenters. The van der Waals surface area contributed by atoms with Gasteiger partial charge in [-0.3, -0.25) is 4.79 Å². The maximum atomic E-state index is 12.7. The minimum atomic E-state index is -4.42. The summed E-state index contributed by atoms with van der Waals surface area (Å²) in [5.74, 6) is 0.0421. The molecule has 10 heteroatoms. The van der Waals surface area contributed by atoms with Gasteiger partial charge in [-0.1, -0.05) is 11.3 Å². The summed E-state index contributed by atoms with van der Waals surface area (Å²) in [6, 6.07) is 6.03. The summed E-state index contributed by atoms with van der Waals surface area (Å²) in [4.78, 5) is 21.5. The van der Waals surface area contributed by atoms with Gasteiger partial charge in [-0.15, -0.1) is 0 Å². The lowest BCUT2D eigenvalue weighted by atomic mass is 9.93. The fourth-order valence-electron chi connectivity index (χ4n) is 3.53. The van der Waals surface area contributed by atoms with E-state index in [2.05, 4.69) is 15.3 Å². The number of hydrogen-bond acceptors (Lipinski definition) is 5. The molecular weight excluding hydrogens is 429 g/mol. The quantitative estimate of drug-likeness (QED) is 0.608. The first-order chi connectivity index (χ1) is 14.8. The summed E-state index contributed by atoms with van der Waals surface area (Å²) in [6.45, 7) is 1.82. The summed E-state index contributed by atoms with van der Waals surface area (Å²) < 4.78 is 45.5. The molecule has 3 heterocycles. The molecule has 1 saturated carbocycles. The molecule has 0 unspecified atom stereocenters. The number of hydrogen-bond donors (Lipinski definition) is 1. The van der Waals surface area contributed by atoms with E-state index in [9.17, 15) is 18.0 Å². The highest BCUT2D eigenvalue weighted by Gasteiger charge is 2.31. The van der Waals surface area contributed by atoms with Crippen LogP contribution < -0.4 is 10.1 Å². The normalized spacial score (nSPS) is 19.2. The number of amides is 1. The molecule has 1 amide bonds. The van der Waals surface area contributed by atoms with Gasteiger partial charge in [0.15, 0.2) is 5.13 Å². The van der Waals surface area contributed by atoms with Crippen LogP contribution in [0.1, 0.15) is 46.6 Å². The van der Waals surface area contributed by atoms with Gasteiger partial charge in [0.25, 0.3) is 5.91 Å². The van der Waals surface area contributed by atoms with Crippen LogP contribution in [0.25, 0.3) is 5.13 Å². The molecule has 4 rings (SSSR count). The van der Waals surface area contributed by atoms with E-state index in [0.717, 1.165) is 30.2 Å². The molecule has 0 radical (unpaired) electrons. The van der Waals surface area contributed by atoms with Crippen molar-refractivity contribution in [3.63, 3.8) is 0 Å². The van der Waals surface area contributed by atoms with Gasteiger partial charge in [0.05, 0.1) is 11.3 Å². The molecule has 6 nitrogen and oxygen atoms in total. The Labute approximate surface area is 181 Å². The summed E-state index contributed by atoms with van der Waals surface area (Å²) in [7, 11) is 0. The lowest BCUT2D eigenvalue weighted by molar-refractivity contribution is -0.137. The number of carbonyl (C=O) groups is 1. The van der Waals surface area contributed by atoms with E-state index in [1.165, 1.54) is 17.4 Å². The molecule has 1 fully saturated rings. The predicted molar refractivity (Wildman–Crippen MR) is 110 cm³/mol. The molecule has 3 aromatic heterocycles. The zero-order valence-corrected chi connectivity index (χ0v) is 17.5. The molecule has 0 aliphatic heterocycles. The lowest BCUT2D eigenvalue weighted by Gasteiger charge is -2.29. The van der Waals surface area contributed by atoms with E-state index in [-0.39, 0.29) is 23.9 Å². The van der Waals surface area contributed by atoms with Crippen molar-refractivity contribution in [3.8, 4) is 11.0 Å². The number of nitrogens with one attached hydrogen (secondary N) is 1. The summed E-state index contributed by atoms with van der Waals surface area (Å²) in [5, 5.41) is 3.81. The largest absolute Gasteiger partial charge is 0.474 e. The Morgan fingerprint density at radius 1 is 1.19 bits per heavy atom. The third-order valence-corrected chi connectivity index (χ3v) is 6.35. The van der Waals surface area contributed by atoms with Gasteiger partial charge in [-0.2, -0.15) is 13.2 Å². The van der Waals surface area contributed by atoms with Gasteiger partial charge in [-0.25, -0.2) is 9.97 Å². The Morgan fingerprint density at radius 3 is 2.52 bits per heavy atom. The second kappa shape index (κ2) is 8.70. The van der Waals surface area contributed by atoms with E-state index < -0.39 is 11.7 Å². The highest BCUT2D eigenvalue weighted by molar-refractivity contribution is 7.16. The van der Waals surface area contributed by atoms with Crippen molar-refractivity contribution in [3.05, 3.63) is 59.0 Å². The van der Waals surface area contributed by atoms with Gasteiger partial charge in [-0.05, 0) is 50.8 Å². The number of pyridine rings is 1. The van der Waals surface area contributed by atoms with Crippen molar-refractivity contribution in [2.45, 2.75) is 50.9 Å². The standard InChI is InChI=1S/C21H21F3N4O2S/c1-13-18(31-20(26-13)28-10-2-3-11-28)19(29)27-15-5-7-16(8-6-15)30-17-9-4-14(12-25-17)21(22,23)24/h2-4,9-12,15-16H,5-8H2,1H3,(H,27,29). The first-order valence-electron chi connectivity index (χ1n) is 9.91. The predicted octanol–water partition coefficient (Wildman–Crippen LogP) is 4.78. The van der Waals surface area contributed by atoms with Crippen LogP contribution in [0.15, 0.2) is 42.9 Å². The van der Waals surface area contributed by atoms with Crippen LogP contribution in [0.5, 0.6) is 5.88 Å². The molecule has 0 saturated heterocycles. The van der Waals surface area contributed by atoms with Crippen molar-refractivity contribution < 1.29 is 22.7 Å². The molecular formula is C21H21F3N4O2S. The van der Waals surface area contributed by atoms with E-state index in [4.69, 9.17) is 4.74 Å². The average Bonchev–Trinajstić information content (AvgIpc) is 3.39. The third kappa shape index (κ3) is 5.07. The van der Waals surface area contributed by atoms with Gasteiger partial charge in [0.2, 0.25) is 5.88 Å². The first kappa shape index (κ1) is 21.4. The van der Waals surface area contributed by atoms with Crippen molar-refractivity contribution >= 4 is 17.2 Å². The zero-order valence-electron chi connectivity index (χ0n) is 16.7. The Kier molecular flexibility index (Phi) is 5.99. The molecule has 0 spiro atoms. The number of halogens is 3. The number of ether oxygens (including phenoxy) is 1. The molecule has 1 aliphatic carbocycles. The number of alkyl halides is 3. The second-order valence-electron chi connectivity index (χ2n) is 7.45. The van der Waals surface area contributed by atoms with Crippen LogP contribution in [0.2, 0.25) is 0 Å². The maximum Gasteiger partial charge on any atom is 0.417 e. The Bertz CT molecular complexity index is 1020. The number of rotatable bonds is 5. The Hall–Kier alpha value is -2.88. The Balaban J connectivity index is 1.29. The van der Waals surface area contributed by atoms with E-state index in [0.29, 0.717) is 23.4 Å². The third-order valence-electron chi connectivity index (χ3n) is 5.18. The highest BCUT2D eigenvalue weighted by atomic mass is 32.1. The number of aromatic nitrogens is 3. The zero-order chi connectivity index (χ0) is 22.0. The fourth-order valence-corrected chi connectivity index (χ4v) is 4.47. The van der Waals surface area contributed by atoms with Crippen LogP contribution in [-0.2, 0) is 6.18 Å². The number of aryl methyl sites for hydroxylation is 1. The summed E-state index contributed by atoms with van der Waals surface area (Å²) in [6.07, 6.45) is 2.80. The van der Waals surface area contributed by atoms with Gasteiger partial charge >= 0.3 is 6.18 Å². The molecule has 0 aromatic carbocycles. The molecule has 164 valence electrons. The minimum Gasteiger partial charge on any atom is -0.474 e. The summed E-state index contributed by atoms with van der Waals surface area (Å²) in [5.41, 5.74) is -0.110. The smallest absolute Gasteiger partial charge is 0.417 e. The number of carbonyl (C=O) groups excluding carboxylic acids is 1.